The second-order valence-electron chi connectivity index (χ2n) is 28.9. The molecule has 13 heteroatoms. The van der Waals surface area contributed by atoms with E-state index in [1.807, 2.05) is 91.0 Å². The van der Waals surface area contributed by atoms with E-state index in [9.17, 15) is 0 Å². The maximum atomic E-state index is 4.83. The number of aromatic nitrogens is 13. The van der Waals surface area contributed by atoms with Crippen LogP contribution in [0.5, 0.6) is 0 Å². The highest BCUT2D eigenvalue weighted by Crippen LogP contribution is 2.51. The molecule has 0 unspecified atom stereocenters. The average molecular weight is 1410 g/mol. The summed E-state index contributed by atoms with van der Waals surface area (Å²) >= 11 is 0. The first-order valence-electron chi connectivity index (χ1n) is 37.2. The summed E-state index contributed by atoms with van der Waals surface area (Å²) in [5, 5.41) is 41.1. The SMILES string of the molecule is CC1(C)c2ccccc2-c2cc3c4ccccc4n(-c4ccc5nn(-c6ccccc6)nc5c4)c3cc21.c1ccc(-n2nc3ccc(-n4c5ccccc5c5c6c7ccccc7n(-c7ccccc7)c6ccc54)cc3n2)cc1.c1ccc(-n2nc3ccc(-n4c5ccccc5c5cc6ccccc6cc54)cc3n2)cc1. The van der Waals surface area contributed by atoms with Crippen LogP contribution in [0, 0.1) is 0 Å². The Morgan fingerprint density at radius 2 is 0.536 bits per heavy atom. The minimum atomic E-state index is -0.0519. The highest BCUT2D eigenvalue weighted by atomic mass is 15.5. The third-order valence-electron chi connectivity index (χ3n) is 22.2. The molecule has 518 valence electrons. The minimum Gasteiger partial charge on any atom is -0.309 e. The molecule has 0 amide bonds. The van der Waals surface area contributed by atoms with Crippen molar-refractivity contribution in [1.29, 1.82) is 0 Å². The number of hydrogen-bond donors (Lipinski definition) is 0. The summed E-state index contributed by atoms with van der Waals surface area (Å²) in [5.74, 6) is 0. The second kappa shape index (κ2) is 24.6. The minimum absolute atomic E-state index is 0.0519. The number of para-hydroxylation sites is 8. The lowest BCUT2D eigenvalue weighted by Gasteiger charge is -2.21. The van der Waals surface area contributed by atoms with Crippen molar-refractivity contribution in [1.82, 2.24) is 63.3 Å². The van der Waals surface area contributed by atoms with Crippen molar-refractivity contribution in [3.8, 4) is 50.9 Å². The largest absolute Gasteiger partial charge is 0.309 e. The van der Waals surface area contributed by atoms with E-state index < -0.39 is 0 Å². The van der Waals surface area contributed by atoms with Crippen molar-refractivity contribution >= 4 is 131 Å². The van der Waals surface area contributed by atoms with Gasteiger partial charge in [0.1, 0.15) is 33.1 Å². The normalized spacial score (nSPS) is 12.5. The van der Waals surface area contributed by atoms with E-state index in [0.29, 0.717) is 0 Å². The Balaban J connectivity index is 0.000000103. The second-order valence-corrected chi connectivity index (χ2v) is 28.9. The molecule has 0 saturated carbocycles. The fourth-order valence-electron chi connectivity index (χ4n) is 17.2. The summed E-state index contributed by atoms with van der Waals surface area (Å²) in [7, 11) is 0. The molecule has 110 heavy (non-hydrogen) atoms. The van der Waals surface area contributed by atoms with Crippen molar-refractivity contribution in [3.63, 3.8) is 0 Å². The summed E-state index contributed by atoms with van der Waals surface area (Å²) in [6.45, 7) is 4.68. The molecule has 23 aromatic rings. The van der Waals surface area contributed by atoms with Crippen LogP contribution in [-0.2, 0) is 5.41 Å². The van der Waals surface area contributed by atoms with Crippen LogP contribution in [0.1, 0.15) is 25.0 Å². The zero-order valence-corrected chi connectivity index (χ0v) is 59.9. The van der Waals surface area contributed by atoms with Crippen LogP contribution in [0.25, 0.3) is 182 Å². The molecule has 0 atom stereocenters. The van der Waals surface area contributed by atoms with Gasteiger partial charge in [0, 0.05) is 71.3 Å². The third kappa shape index (κ3) is 9.87. The van der Waals surface area contributed by atoms with E-state index in [2.05, 4.69) is 304 Å². The smallest absolute Gasteiger partial charge is 0.115 e. The lowest BCUT2D eigenvalue weighted by atomic mass is 9.82. The van der Waals surface area contributed by atoms with Crippen LogP contribution < -0.4 is 0 Å². The molecule has 0 saturated heterocycles. The number of hydrogen-bond acceptors (Lipinski definition) is 6. The van der Waals surface area contributed by atoms with E-state index in [4.69, 9.17) is 25.5 Å². The molecule has 7 heterocycles. The van der Waals surface area contributed by atoms with Gasteiger partial charge in [-0.3, -0.25) is 0 Å². The molecular formula is C97H65N13. The maximum absolute atomic E-state index is 4.83. The Morgan fingerprint density at radius 1 is 0.200 bits per heavy atom. The Labute approximate surface area is 629 Å². The van der Waals surface area contributed by atoms with E-state index >= 15 is 0 Å². The predicted molar refractivity (Wildman–Crippen MR) is 449 cm³/mol. The third-order valence-corrected chi connectivity index (χ3v) is 22.2. The molecule has 24 rings (SSSR count). The highest BCUT2D eigenvalue weighted by Gasteiger charge is 2.36. The van der Waals surface area contributed by atoms with Crippen LogP contribution >= 0.6 is 0 Å². The van der Waals surface area contributed by atoms with Gasteiger partial charge in [0.2, 0.25) is 0 Å². The molecule has 7 aromatic heterocycles. The van der Waals surface area contributed by atoms with E-state index in [1.165, 1.54) is 120 Å². The molecule has 0 aliphatic heterocycles. The predicted octanol–water partition coefficient (Wildman–Crippen LogP) is 23.1. The molecule has 16 aromatic carbocycles. The molecule has 0 spiro atoms. The Morgan fingerprint density at radius 3 is 1.00 bits per heavy atom. The van der Waals surface area contributed by atoms with Gasteiger partial charge >= 0.3 is 0 Å². The molecule has 13 nitrogen and oxygen atoms in total. The summed E-state index contributed by atoms with van der Waals surface area (Å²) in [5.41, 5.74) is 27.4. The van der Waals surface area contributed by atoms with Crippen LogP contribution in [-0.4, -0.2) is 63.3 Å². The lowest BCUT2D eigenvalue weighted by Crippen LogP contribution is -2.14. The van der Waals surface area contributed by atoms with Crippen LogP contribution in [0.3, 0.4) is 0 Å². The summed E-state index contributed by atoms with van der Waals surface area (Å²) in [4.78, 5) is 5.13. The maximum Gasteiger partial charge on any atom is 0.115 e. The van der Waals surface area contributed by atoms with Gasteiger partial charge in [-0.15, -0.1) is 30.6 Å². The van der Waals surface area contributed by atoms with Gasteiger partial charge in [-0.2, -0.15) is 14.4 Å². The molecule has 1 aliphatic carbocycles. The van der Waals surface area contributed by atoms with Gasteiger partial charge in [0.05, 0.1) is 61.2 Å². The number of benzene rings is 16. The molecule has 0 radical (unpaired) electrons. The Bertz CT molecular complexity index is 7620. The van der Waals surface area contributed by atoms with E-state index in [0.717, 1.165) is 72.9 Å². The monoisotopic (exact) mass is 1410 g/mol. The molecule has 0 fully saturated rings. The number of nitrogens with zero attached hydrogens (tertiary/aromatic N) is 13. The first-order chi connectivity index (χ1) is 54.3. The molecule has 1 aliphatic rings. The standard InChI is InChI=1S/C36H23N5.C33H24N4.C28H18N4/c1-3-11-24(12-4-1)39-31-17-9-7-15-27(31)35-33(39)21-22-34-36(35)28-16-8-10-18-32(28)40(34)26-19-20-29-30(23-26)38-41(37-29)25-13-5-2-6-14-25;1-33(2)27-14-8-6-12-23(27)25-19-26-24-13-7-9-15-31(24)36(32(26)20-28(25)33)22-16-17-29-30(18-22)35-37(34-29)21-10-4-3-5-11-21;1-2-10-21(11-3-1)32-29-25-15-14-22(18-26(25)30-32)31-27-13-7-6-12-23(27)24-16-19-8-4-5-9-20(19)17-28(24)31/h1-23H;3-20H,1-2H3;1-18H. The van der Waals surface area contributed by atoms with Crippen LogP contribution in [0.2, 0.25) is 0 Å². The highest BCUT2D eigenvalue weighted by molar-refractivity contribution is 6.29. The first-order valence-corrected chi connectivity index (χ1v) is 37.2. The Kier molecular flexibility index (Phi) is 14.0. The van der Waals surface area contributed by atoms with Crippen molar-refractivity contribution < 1.29 is 0 Å². The zero-order chi connectivity index (χ0) is 72.7. The van der Waals surface area contributed by atoms with Crippen molar-refractivity contribution in [3.05, 3.63) is 369 Å². The fourth-order valence-corrected chi connectivity index (χ4v) is 17.2. The molecule has 0 bridgehead atoms. The van der Waals surface area contributed by atoms with Crippen LogP contribution in [0.15, 0.2) is 358 Å². The van der Waals surface area contributed by atoms with Gasteiger partial charge in [-0.05, 0) is 197 Å². The Hall–Kier alpha value is -14.8. The number of fused-ring (bicyclic) bond motifs is 20. The van der Waals surface area contributed by atoms with Gasteiger partial charge in [-0.25, -0.2) is 0 Å². The van der Waals surface area contributed by atoms with Crippen molar-refractivity contribution in [2.24, 2.45) is 0 Å². The molecule has 0 N–H and O–H groups in total. The zero-order valence-electron chi connectivity index (χ0n) is 59.9. The first kappa shape index (κ1) is 62.5. The quantitative estimate of drug-likeness (QED) is 0.157. The van der Waals surface area contributed by atoms with Gasteiger partial charge in [0.25, 0.3) is 0 Å². The van der Waals surface area contributed by atoms with Gasteiger partial charge in [-0.1, -0.05) is 208 Å². The topological polar surface area (TPSA) is 112 Å². The summed E-state index contributed by atoms with van der Waals surface area (Å²) in [6, 6.07) is 126. The van der Waals surface area contributed by atoms with Crippen molar-refractivity contribution in [2.45, 2.75) is 19.3 Å². The number of rotatable bonds is 7. The average Bonchev–Trinajstić information content (AvgIpc) is 1.56. The van der Waals surface area contributed by atoms with Gasteiger partial charge < -0.3 is 18.3 Å². The van der Waals surface area contributed by atoms with E-state index in [1.54, 1.807) is 14.4 Å². The molecular weight excluding hydrogens is 1350 g/mol. The summed E-state index contributed by atoms with van der Waals surface area (Å²) < 4.78 is 9.45. The van der Waals surface area contributed by atoms with Crippen LogP contribution in [0.4, 0.5) is 0 Å². The summed E-state index contributed by atoms with van der Waals surface area (Å²) in [6.07, 6.45) is 0. The van der Waals surface area contributed by atoms with Crippen molar-refractivity contribution in [2.75, 3.05) is 0 Å². The lowest BCUT2D eigenvalue weighted by molar-refractivity contribution is 0.661. The van der Waals surface area contributed by atoms with Gasteiger partial charge in [0.15, 0.2) is 0 Å². The van der Waals surface area contributed by atoms with E-state index in [-0.39, 0.29) is 5.41 Å². The fraction of sp³-hybridized carbons (Fsp3) is 0.0309.